The highest BCUT2D eigenvalue weighted by Crippen LogP contribution is 2.53. The standard InChI is InChI=1S/C46H55F2N9O6S/c1-28-21-33(8-9-35(28)50-43-49-26-30-23-46(47,48)42(60)56(40(30)52-43)31-5-3-4-6-31)64(62,63)34-24-45(25-34)15-19-54(20-16-45)27-29-13-17-55(18-14-29)32-7-10-36-38(22-32)53(2)44(61)57(36)37-11-12-39(58)51-41(37)59/h7-10,21-22,26,29,31,34,37H,3-6,11-20,23-25,27H2,1-2H3,(H,49,50,52)(H,51,58,59). The summed E-state index contributed by atoms with van der Waals surface area (Å²) in [6.07, 6.45) is 9.52. The van der Waals surface area contributed by atoms with Crippen LogP contribution >= 0.6 is 0 Å². The van der Waals surface area contributed by atoms with E-state index in [2.05, 4.69) is 30.4 Å². The lowest BCUT2D eigenvalue weighted by molar-refractivity contribution is -0.144. The quantitative estimate of drug-likeness (QED) is 0.202. The molecule has 340 valence electrons. The topological polar surface area (TPSA) is 172 Å². The van der Waals surface area contributed by atoms with Crippen molar-refractivity contribution in [1.82, 2.24) is 29.3 Å². The predicted octanol–water partition coefficient (Wildman–Crippen LogP) is 5.56. The van der Waals surface area contributed by atoms with Crippen LogP contribution in [0.4, 0.5) is 31.9 Å². The van der Waals surface area contributed by atoms with E-state index in [9.17, 15) is 36.4 Å². The first-order valence-corrected chi connectivity index (χ1v) is 24.3. The lowest BCUT2D eigenvalue weighted by atomic mass is 9.63. The molecule has 4 aliphatic heterocycles. The van der Waals surface area contributed by atoms with Gasteiger partial charge in [0.25, 0.3) is 5.91 Å². The van der Waals surface area contributed by atoms with Gasteiger partial charge in [-0.1, -0.05) is 12.8 Å². The number of fused-ring (bicyclic) bond motifs is 2. The molecule has 10 rings (SSSR count). The second-order valence-corrected chi connectivity index (χ2v) is 21.5. The predicted molar refractivity (Wildman–Crippen MR) is 237 cm³/mol. The summed E-state index contributed by atoms with van der Waals surface area (Å²) in [7, 11) is -1.85. The lowest BCUT2D eigenvalue weighted by Crippen LogP contribution is -2.53. The lowest BCUT2D eigenvalue weighted by Gasteiger charge is -2.52. The number of nitrogens with zero attached hydrogens (tertiary/aromatic N) is 7. The monoisotopic (exact) mass is 899 g/mol. The number of halogens is 2. The first-order chi connectivity index (χ1) is 30.6. The summed E-state index contributed by atoms with van der Waals surface area (Å²) in [6, 6.07) is 9.90. The van der Waals surface area contributed by atoms with E-state index >= 15 is 0 Å². The second kappa shape index (κ2) is 16.0. The van der Waals surface area contributed by atoms with Crippen LogP contribution in [0, 0.1) is 18.3 Å². The third kappa shape index (κ3) is 7.57. The minimum atomic E-state index is -3.56. The maximum Gasteiger partial charge on any atom is 0.329 e. The maximum absolute atomic E-state index is 14.7. The van der Waals surface area contributed by atoms with Crippen molar-refractivity contribution in [2.24, 2.45) is 18.4 Å². The number of sulfone groups is 1. The zero-order valence-electron chi connectivity index (χ0n) is 36.3. The largest absolute Gasteiger partial charge is 0.371 e. The summed E-state index contributed by atoms with van der Waals surface area (Å²) in [5, 5.41) is 5.07. The van der Waals surface area contributed by atoms with Crippen molar-refractivity contribution in [3.63, 3.8) is 0 Å². The van der Waals surface area contributed by atoms with Crippen molar-refractivity contribution < 1.29 is 31.6 Å². The first kappa shape index (κ1) is 42.7. The van der Waals surface area contributed by atoms with Crippen LogP contribution in [0.2, 0.25) is 0 Å². The normalized spacial score (nSPS) is 23.4. The number of piperidine rings is 3. The average Bonchev–Trinajstić information content (AvgIpc) is 3.88. The number of imide groups is 1. The molecule has 2 saturated carbocycles. The van der Waals surface area contributed by atoms with E-state index in [0.717, 1.165) is 82.5 Å². The van der Waals surface area contributed by atoms with Crippen LogP contribution in [0.15, 0.2) is 52.3 Å². The molecule has 3 saturated heterocycles. The fourth-order valence-electron chi connectivity index (χ4n) is 11.4. The number of hydrogen-bond donors (Lipinski definition) is 2. The van der Waals surface area contributed by atoms with E-state index < -0.39 is 45.3 Å². The average molecular weight is 900 g/mol. The van der Waals surface area contributed by atoms with Gasteiger partial charge >= 0.3 is 11.6 Å². The Labute approximate surface area is 370 Å². The summed E-state index contributed by atoms with van der Waals surface area (Å²) in [6.45, 7) is 6.56. The van der Waals surface area contributed by atoms with Gasteiger partial charge in [0, 0.05) is 62.3 Å². The number of hydrogen-bond acceptors (Lipinski definition) is 11. The van der Waals surface area contributed by atoms with Crippen molar-refractivity contribution in [2.45, 2.75) is 119 Å². The fourth-order valence-corrected chi connectivity index (χ4v) is 13.5. The van der Waals surface area contributed by atoms with Gasteiger partial charge in [0.15, 0.2) is 9.84 Å². The Kier molecular flexibility index (Phi) is 10.7. The number of carbonyl (C=O) groups excluding carboxylic acids is 3. The number of aryl methyl sites for hydroxylation is 2. The number of benzene rings is 2. The summed E-state index contributed by atoms with van der Waals surface area (Å²) < 4.78 is 60.3. The molecule has 18 heteroatoms. The molecule has 2 aliphatic carbocycles. The van der Waals surface area contributed by atoms with E-state index in [-0.39, 0.29) is 51.7 Å². The molecule has 6 heterocycles. The number of nitrogens with one attached hydrogen (secondary N) is 2. The first-order valence-electron chi connectivity index (χ1n) is 22.8. The molecule has 1 atom stereocenters. The van der Waals surface area contributed by atoms with Gasteiger partial charge in [0.1, 0.15) is 11.9 Å². The number of anilines is 4. The molecule has 64 heavy (non-hydrogen) atoms. The van der Waals surface area contributed by atoms with Crippen molar-refractivity contribution in [3.05, 3.63) is 64.2 Å². The summed E-state index contributed by atoms with van der Waals surface area (Å²) in [5.41, 5.74) is 3.76. The molecule has 15 nitrogen and oxygen atoms in total. The smallest absolute Gasteiger partial charge is 0.329 e. The van der Waals surface area contributed by atoms with Gasteiger partial charge in [-0.15, -0.1) is 0 Å². The molecule has 5 fully saturated rings. The van der Waals surface area contributed by atoms with Gasteiger partial charge in [-0.25, -0.2) is 18.2 Å². The zero-order chi connectivity index (χ0) is 44.7. The zero-order valence-corrected chi connectivity index (χ0v) is 37.1. The molecule has 4 aromatic rings. The molecule has 6 aliphatic rings. The number of imidazole rings is 1. The van der Waals surface area contributed by atoms with Crippen LogP contribution in [0.3, 0.4) is 0 Å². The van der Waals surface area contributed by atoms with Gasteiger partial charge < -0.3 is 15.1 Å². The molecule has 0 radical (unpaired) electrons. The Morgan fingerprint density at radius 2 is 1.64 bits per heavy atom. The highest BCUT2D eigenvalue weighted by atomic mass is 32.2. The second-order valence-electron chi connectivity index (χ2n) is 19.3. The van der Waals surface area contributed by atoms with Crippen molar-refractivity contribution in [2.75, 3.05) is 47.8 Å². The van der Waals surface area contributed by atoms with Crippen LogP contribution < -0.4 is 26.1 Å². The van der Waals surface area contributed by atoms with Crippen LogP contribution in [0.5, 0.6) is 0 Å². The maximum atomic E-state index is 14.7. The number of alkyl halides is 2. The van der Waals surface area contributed by atoms with Crippen molar-refractivity contribution >= 4 is 61.7 Å². The molecule has 2 N–H and O–H groups in total. The molecule has 1 unspecified atom stereocenters. The molecular weight excluding hydrogens is 845 g/mol. The van der Waals surface area contributed by atoms with Gasteiger partial charge in [0.05, 0.1) is 27.6 Å². The molecule has 2 aromatic heterocycles. The van der Waals surface area contributed by atoms with Gasteiger partial charge in [-0.2, -0.15) is 13.8 Å². The fraction of sp³-hybridized carbons (Fsp3) is 0.565. The van der Waals surface area contributed by atoms with E-state index in [1.165, 1.54) is 15.7 Å². The highest BCUT2D eigenvalue weighted by molar-refractivity contribution is 7.92. The molecular formula is C46H55F2N9O6S. The summed E-state index contributed by atoms with van der Waals surface area (Å²) in [4.78, 5) is 65.7. The Bertz CT molecular complexity index is 2710. The number of likely N-dealkylation sites (tertiary alicyclic amines) is 1. The van der Waals surface area contributed by atoms with E-state index in [1.807, 2.05) is 25.1 Å². The van der Waals surface area contributed by atoms with Gasteiger partial charge in [-0.05, 0) is 131 Å². The van der Waals surface area contributed by atoms with E-state index in [1.54, 1.807) is 29.8 Å². The Morgan fingerprint density at radius 1 is 0.906 bits per heavy atom. The molecule has 2 aromatic carbocycles. The highest BCUT2D eigenvalue weighted by Gasteiger charge is 2.52. The van der Waals surface area contributed by atoms with Crippen LogP contribution in [-0.2, 0) is 37.7 Å². The van der Waals surface area contributed by atoms with E-state index in [0.29, 0.717) is 54.8 Å². The number of aromatic nitrogens is 4. The Hall–Kier alpha value is -5.23. The van der Waals surface area contributed by atoms with E-state index in [4.69, 9.17) is 0 Å². The molecule has 3 amide bonds. The van der Waals surface area contributed by atoms with Gasteiger partial charge in [-0.3, -0.25) is 33.7 Å². The SMILES string of the molecule is Cc1cc(S(=O)(=O)C2CC3(CCN(CC4CCN(c5ccc6c(c5)n(C)c(=O)n6C5CCC(=O)NC5=O)CC4)CC3)C2)ccc1Nc1ncc2c(n1)N(C1CCCC1)C(=O)C(F)(F)C2. The van der Waals surface area contributed by atoms with Crippen LogP contribution in [0.25, 0.3) is 11.0 Å². The number of amides is 3. The van der Waals surface area contributed by atoms with Crippen molar-refractivity contribution in [1.29, 1.82) is 0 Å². The molecule has 0 bridgehead atoms. The summed E-state index contributed by atoms with van der Waals surface area (Å²) in [5.74, 6) is -4.55. The van der Waals surface area contributed by atoms with Crippen LogP contribution in [0.1, 0.15) is 94.2 Å². The van der Waals surface area contributed by atoms with Crippen molar-refractivity contribution in [3.8, 4) is 0 Å². The van der Waals surface area contributed by atoms with Gasteiger partial charge in [0.2, 0.25) is 17.8 Å². The van der Waals surface area contributed by atoms with Crippen LogP contribution in [-0.4, -0.2) is 100 Å². The Balaban J connectivity index is 0.713. The molecule has 1 spiro atoms. The third-order valence-corrected chi connectivity index (χ3v) is 17.4. The number of carbonyl (C=O) groups is 3. The Morgan fingerprint density at radius 3 is 2.34 bits per heavy atom. The number of rotatable bonds is 9. The minimum absolute atomic E-state index is 0.0472. The minimum Gasteiger partial charge on any atom is -0.371 e. The summed E-state index contributed by atoms with van der Waals surface area (Å²) >= 11 is 0. The third-order valence-electron chi connectivity index (χ3n) is 15.2.